The molecule has 12 rings (SSSR count). The Morgan fingerprint density at radius 1 is 0.234 bits per heavy atom. The molecule has 0 radical (unpaired) electrons. The molecule has 0 unspecified atom stereocenters. The van der Waals surface area contributed by atoms with Crippen molar-refractivity contribution in [2.24, 2.45) is 0 Å². The van der Waals surface area contributed by atoms with Crippen molar-refractivity contribution >= 4 is 64.6 Å². The van der Waals surface area contributed by atoms with Gasteiger partial charge >= 0.3 is 0 Å². The van der Waals surface area contributed by atoms with Gasteiger partial charge in [-0.1, -0.05) is 206 Å². The summed E-state index contributed by atoms with van der Waals surface area (Å²) in [5.41, 5.74) is 9.01. The molecule has 0 atom stereocenters. The van der Waals surface area contributed by atoms with E-state index in [0.717, 1.165) is 50.3 Å². The Morgan fingerprint density at radius 2 is 0.641 bits per heavy atom. The van der Waals surface area contributed by atoms with Crippen molar-refractivity contribution in [2.45, 2.75) is 0 Å². The van der Waals surface area contributed by atoms with Gasteiger partial charge in [0.2, 0.25) is 0 Å². The minimum absolute atomic E-state index is 0.669. The van der Waals surface area contributed by atoms with Crippen LogP contribution in [0.4, 0.5) is 0 Å². The Kier molecular flexibility index (Phi) is 9.16. The van der Waals surface area contributed by atoms with Gasteiger partial charge in [0.25, 0.3) is 0 Å². The fourth-order valence-corrected chi connectivity index (χ4v) is 9.47. The van der Waals surface area contributed by atoms with Crippen molar-refractivity contribution in [2.75, 3.05) is 0 Å². The van der Waals surface area contributed by atoms with E-state index in [1.165, 1.54) is 64.8 Å². The van der Waals surface area contributed by atoms with Gasteiger partial charge in [0.15, 0.2) is 5.82 Å². The SMILES string of the molecule is c1ccc(-c2ccc(-c3cc(-c4ccc5c6ccccc6c6ccccc6c6ccccc6c6ccccc6c5c4)nc(-c4ccc(-c5cccc6ccccc56)cc4)n3)cc2)nc1. The number of rotatable bonds is 5. The second-order valence-electron chi connectivity index (χ2n) is 16.3. The molecule has 0 N–H and O–H groups in total. The van der Waals surface area contributed by atoms with Gasteiger partial charge in [-0.3, -0.25) is 4.98 Å². The molecule has 3 nitrogen and oxygen atoms in total. The van der Waals surface area contributed by atoms with Crippen molar-refractivity contribution in [3.63, 3.8) is 0 Å². The van der Waals surface area contributed by atoms with E-state index < -0.39 is 0 Å². The zero-order valence-corrected chi connectivity index (χ0v) is 34.9. The third-order valence-corrected chi connectivity index (χ3v) is 12.6. The summed E-state index contributed by atoms with van der Waals surface area (Å²) in [7, 11) is 0. The first-order valence-corrected chi connectivity index (χ1v) is 21.8. The van der Waals surface area contributed by atoms with E-state index in [0.29, 0.717) is 5.82 Å². The molecule has 10 aromatic carbocycles. The molecule has 0 fully saturated rings. The van der Waals surface area contributed by atoms with Crippen molar-refractivity contribution in [1.82, 2.24) is 15.0 Å². The van der Waals surface area contributed by atoms with E-state index >= 15 is 0 Å². The molecule has 2 aromatic heterocycles. The molecule has 0 spiro atoms. The highest BCUT2D eigenvalue weighted by Crippen LogP contribution is 2.38. The van der Waals surface area contributed by atoms with Gasteiger partial charge in [0.1, 0.15) is 0 Å². The van der Waals surface area contributed by atoms with Gasteiger partial charge in [-0.05, 0) is 100 Å². The van der Waals surface area contributed by atoms with Crippen LogP contribution < -0.4 is 0 Å². The Balaban J connectivity index is 1.10. The molecule has 0 aliphatic heterocycles. The number of benzene rings is 9. The molecule has 298 valence electrons. The maximum atomic E-state index is 5.39. The molecule has 0 amide bonds. The molecule has 0 saturated carbocycles. The maximum absolute atomic E-state index is 5.39. The fraction of sp³-hybridized carbons (Fsp3) is 0. The van der Waals surface area contributed by atoms with Gasteiger partial charge < -0.3 is 0 Å². The highest BCUT2D eigenvalue weighted by molar-refractivity contribution is 6.26. The standard InChI is InChI=1S/C61H39N3/c1-2-16-46-40(14-1)15-13-25-47(46)41-27-33-44(34-28-41)61-63-59(43-31-29-42(30-32-43)58-26-11-12-37-62-58)39-60(64-61)45-35-36-56-54-23-8-7-21-52(54)50-19-4-3-17-48(50)49-18-5-6-20-51(49)53-22-9-10-24-55(53)57(56)38-45/h1-39H. The lowest BCUT2D eigenvalue weighted by Crippen LogP contribution is -1.96. The summed E-state index contributed by atoms with van der Waals surface area (Å²) in [5, 5.41) is 14.4. The summed E-state index contributed by atoms with van der Waals surface area (Å²) in [6, 6.07) is 82.5. The second kappa shape index (κ2) is 15.7. The molecule has 3 heteroatoms. The minimum Gasteiger partial charge on any atom is -0.256 e. The number of hydrogen-bond acceptors (Lipinski definition) is 3. The van der Waals surface area contributed by atoms with E-state index in [1.807, 2.05) is 24.4 Å². The highest BCUT2D eigenvalue weighted by Gasteiger charge is 2.15. The van der Waals surface area contributed by atoms with Crippen LogP contribution in [0, 0.1) is 0 Å². The fourth-order valence-electron chi connectivity index (χ4n) is 9.47. The van der Waals surface area contributed by atoms with Crippen LogP contribution in [0.1, 0.15) is 0 Å². The zero-order valence-electron chi connectivity index (χ0n) is 34.9. The molecule has 0 aliphatic carbocycles. The summed E-state index contributed by atoms with van der Waals surface area (Å²) in [6.45, 7) is 0. The smallest absolute Gasteiger partial charge is 0.160 e. The zero-order chi connectivity index (χ0) is 42.4. The third-order valence-electron chi connectivity index (χ3n) is 12.6. The van der Waals surface area contributed by atoms with Crippen LogP contribution >= 0.6 is 0 Å². The van der Waals surface area contributed by atoms with E-state index in [2.05, 4.69) is 217 Å². The predicted molar refractivity (Wildman–Crippen MR) is 270 cm³/mol. The van der Waals surface area contributed by atoms with Gasteiger partial charge in [-0.15, -0.1) is 0 Å². The molecular formula is C61H39N3. The van der Waals surface area contributed by atoms with Crippen LogP contribution in [0.3, 0.4) is 0 Å². The summed E-state index contributed by atoms with van der Waals surface area (Å²) in [4.78, 5) is 15.3. The van der Waals surface area contributed by atoms with Gasteiger partial charge in [-0.25, -0.2) is 9.97 Å². The lowest BCUT2D eigenvalue weighted by atomic mass is 9.93. The summed E-state index contributed by atoms with van der Waals surface area (Å²) in [5.74, 6) is 0.669. The average Bonchev–Trinajstić information content (AvgIpc) is 3.38. The number of aromatic nitrogens is 3. The van der Waals surface area contributed by atoms with Crippen LogP contribution in [0.5, 0.6) is 0 Å². The van der Waals surface area contributed by atoms with Crippen LogP contribution in [-0.2, 0) is 0 Å². The highest BCUT2D eigenvalue weighted by atomic mass is 14.9. The Bertz CT molecular complexity index is 3740. The average molecular weight is 814 g/mol. The number of fused-ring (bicyclic) bond motifs is 11. The Morgan fingerprint density at radius 3 is 1.19 bits per heavy atom. The lowest BCUT2D eigenvalue weighted by molar-refractivity contribution is 1.18. The number of hydrogen-bond donors (Lipinski definition) is 0. The third kappa shape index (κ3) is 6.59. The molecular weight excluding hydrogens is 775 g/mol. The molecule has 64 heavy (non-hydrogen) atoms. The van der Waals surface area contributed by atoms with Crippen molar-refractivity contribution in [3.8, 4) is 56.3 Å². The Hall–Kier alpha value is -8.53. The first-order chi connectivity index (χ1) is 31.7. The number of nitrogens with zero attached hydrogens (tertiary/aromatic N) is 3. The quantitative estimate of drug-likeness (QED) is 0.174. The van der Waals surface area contributed by atoms with Crippen LogP contribution in [0.25, 0.3) is 121 Å². The molecule has 2 heterocycles. The normalized spacial score (nSPS) is 11.4. The minimum atomic E-state index is 0.669. The largest absolute Gasteiger partial charge is 0.256 e. The summed E-state index contributed by atoms with van der Waals surface area (Å²) < 4.78 is 0. The molecule has 0 aliphatic rings. The first kappa shape index (κ1) is 37.2. The van der Waals surface area contributed by atoms with E-state index in [-0.39, 0.29) is 0 Å². The summed E-state index contributed by atoms with van der Waals surface area (Å²) in [6.07, 6.45) is 1.83. The lowest BCUT2D eigenvalue weighted by Gasteiger charge is -2.13. The van der Waals surface area contributed by atoms with Gasteiger partial charge in [0, 0.05) is 28.5 Å². The van der Waals surface area contributed by atoms with Crippen LogP contribution in [0.15, 0.2) is 237 Å². The van der Waals surface area contributed by atoms with Crippen molar-refractivity contribution < 1.29 is 0 Å². The van der Waals surface area contributed by atoms with Crippen molar-refractivity contribution in [3.05, 3.63) is 237 Å². The first-order valence-electron chi connectivity index (χ1n) is 21.8. The maximum Gasteiger partial charge on any atom is 0.160 e. The number of pyridine rings is 1. The van der Waals surface area contributed by atoms with Crippen LogP contribution in [0.2, 0.25) is 0 Å². The second-order valence-corrected chi connectivity index (χ2v) is 16.3. The van der Waals surface area contributed by atoms with E-state index in [4.69, 9.17) is 9.97 Å². The van der Waals surface area contributed by atoms with E-state index in [1.54, 1.807) is 0 Å². The van der Waals surface area contributed by atoms with Crippen molar-refractivity contribution in [1.29, 1.82) is 0 Å². The molecule has 12 aromatic rings. The monoisotopic (exact) mass is 813 g/mol. The van der Waals surface area contributed by atoms with E-state index in [9.17, 15) is 0 Å². The molecule has 0 saturated heterocycles. The predicted octanol–water partition coefficient (Wildman–Crippen LogP) is 16.3. The topological polar surface area (TPSA) is 38.7 Å². The van der Waals surface area contributed by atoms with Gasteiger partial charge in [-0.2, -0.15) is 0 Å². The Labute approximate surface area is 371 Å². The van der Waals surface area contributed by atoms with Crippen LogP contribution in [-0.4, -0.2) is 15.0 Å². The molecule has 0 bridgehead atoms. The summed E-state index contributed by atoms with van der Waals surface area (Å²) >= 11 is 0. The van der Waals surface area contributed by atoms with Gasteiger partial charge in [0.05, 0.1) is 17.1 Å².